The summed E-state index contributed by atoms with van der Waals surface area (Å²) in [5.74, 6) is 6.19. The monoisotopic (exact) mass is 466 g/mol. The fourth-order valence-electron chi connectivity index (χ4n) is 4.04. The quantitative estimate of drug-likeness (QED) is 0.407. The third-order valence-corrected chi connectivity index (χ3v) is 5.72. The first-order valence-corrected chi connectivity index (χ1v) is 10.9. The molecule has 0 fully saturated rings. The fourth-order valence-corrected chi connectivity index (χ4v) is 4.04. The second kappa shape index (κ2) is 8.53. The van der Waals surface area contributed by atoms with Gasteiger partial charge in [0.05, 0.1) is 34.4 Å². The Labute approximate surface area is 200 Å². The van der Waals surface area contributed by atoms with E-state index in [-0.39, 0.29) is 11.5 Å². The molecule has 0 aliphatic carbocycles. The number of rotatable bonds is 3. The molecule has 0 bridgehead atoms. The van der Waals surface area contributed by atoms with E-state index in [1.54, 1.807) is 73.1 Å². The number of aryl methyl sites for hydroxylation is 2. The van der Waals surface area contributed by atoms with Gasteiger partial charge in [-0.2, -0.15) is 10.2 Å². The first kappa shape index (κ1) is 22.0. The maximum Gasteiger partial charge on any atom is 0.262 e. The molecular formula is C25H22N8O2. The number of carbonyl (C=O) groups excluding carboxylic acids is 1. The number of fused-ring (bicyclic) bond motifs is 2. The maximum atomic E-state index is 13.3. The van der Waals surface area contributed by atoms with Gasteiger partial charge in [0, 0.05) is 38.2 Å². The van der Waals surface area contributed by atoms with Crippen molar-refractivity contribution in [3.63, 3.8) is 0 Å². The van der Waals surface area contributed by atoms with Gasteiger partial charge in [0.15, 0.2) is 5.65 Å². The topological polar surface area (TPSA) is 112 Å². The summed E-state index contributed by atoms with van der Waals surface area (Å²) >= 11 is 0. The molecule has 5 aromatic rings. The molecule has 0 spiro atoms. The van der Waals surface area contributed by atoms with Crippen LogP contribution in [0.2, 0.25) is 0 Å². The van der Waals surface area contributed by atoms with Crippen molar-refractivity contribution < 1.29 is 4.79 Å². The summed E-state index contributed by atoms with van der Waals surface area (Å²) in [7, 11) is 3.46. The van der Waals surface area contributed by atoms with E-state index in [1.165, 1.54) is 4.57 Å². The van der Waals surface area contributed by atoms with Gasteiger partial charge in [0.2, 0.25) is 0 Å². The SMILES string of the molecule is Cc1nn2cccnc2c1C(=O)N[C@@H](C)c1nc2cccc(C#Cc3cnn(C)c3)c2c(=O)n1C. The summed E-state index contributed by atoms with van der Waals surface area (Å²) in [5, 5.41) is 11.8. The number of amides is 1. The van der Waals surface area contributed by atoms with E-state index < -0.39 is 6.04 Å². The average Bonchev–Trinajstić information content (AvgIpc) is 3.41. The molecule has 10 nitrogen and oxygen atoms in total. The third-order valence-electron chi connectivity index (χ3n) is 5.72. The molecule has 0 saturated heterocycles. The highest BCUT2D eigenvalue weighted by Gasteiger charge is 2.22. The van der Waals surface area contributed by atoms with E-state index in [9.17, 15) is 9.59 Å². The molecule has 0 unspecified atom stereocenters. The summed E-state index contributed by atoms with van der Waals surface area (Å²) < 4.78 is 4.68. The molecule has 0 radical (unpaired) electrons. The van der Waals surface area contributed by atoms with Crippen LogP contribution in [0.25, 0.3) is 16.6 Å². The van der Waals surface area contributed by atoms with E-state index in [0.717, 1.165) is 5.56 Å². The van der Waals surface area contributed by atoms with Crippen LogP contribution in [0.4, 0.5) is 0 Å². The van der Waals surface area contributed by atoms with Gasteiger partial charge in [-0.05, 0) is 32.0 Å². The molecule has 4 aromatic heterocycles. The van der Waals surface area contributed by atoms with Crippen LogP contribution in [0.15, 0.2) is 53.8 Å². The molecular weight excluding hydrogens is 444 g/mol. The molecule has 0 aliphatic heterocycles. The number of aromatic nitrogens is 7. The van der Waals surface area contributed by atoms with Crippen LogP contribution >= 0.6 is 0 Å². The molecule has 10 heteroatoms. The summed E-state index contributed by atoms with van der Waals surface area (Å²) in [6.45, 7) is 3.54. The molecule has 1 atom stereocenters. The molecule has 0 saturated carbocycles. The molecule has 4 heterocycles. The van der Waals surface area contributed by atoms with Crippen LogP contribution in [0.3, 0.4) is 0 Å². The van der Waals surface area contributed by atoms with E-state index in [1.807, 2.05) is 13.1 Å². The molecule has 5 rings (SSSR count). The highest BCUT2D eigenvalue weighted by molar-refractivity contribution is 6.01. The molecule has 1 amide bonds. The number of carbonyl (C=O) groups is 1. The van der Waals surface area contributed by atoms with E-state index in [0.29, 0.717) is 39.2 Å². The Bertz CT molecular complexity index is 1730. The summed E-state index contributed by atoms with van der Waals surface area (Å²) in [4.78, 5) is 35.4. The smallest absolute Gasteiger partial charge is 0.262 e. The fraction of sp³-hybridized carbons (Fsp3) is 0.200. The predicted molar refractivity (Wildman–Crippen MR) is 130 cm³/mol. The van der Waals surface area contributed by atoms with Gasteiger partial charge in [-0.25, -0.2) is 14.5 Å². The minimum Gasteiger partial charge on any atom is -0.342 e. The lowest BCUT2D eigenvalue weighted by molar-refractivity contribution is 0.0938. The summed E-state index contributed by atoms with van der Waals surface area (Å²) in [6, 6.07) is 6.56. The number of nitrogens with one attached hydrogen (secondary N) is 1. The molecule has 1 N–H and O–H groups in total. The predicted octanol–water partition coefficient (Wildman–Crippen LogP) is 1.91. The molecule has 1 aromatic carbocycles. The molecule has 35 heavy (non-hydrogen) atoms. The Morgan fingerprint density at radius 3 is 2.77 bits per heavy atom. The van der Waals surface area contributed by atoms with Crippen molar-refractivity contribution in [3.8, 4) is 11.8 Å². The van der Waals surface area contributed by atoms with Crippen LogP contribution in [-0.4, -0.2) is 39.8 Å². The molecule has 0 aliphatic rings. The van der Waals surface area contributed by atoms with Crippen molar-refractivity contribution in [2.45, 2.75) is 19.9 Å². The lowest BCUT2D eigenvalue weighted by atomic mass is 10.1. The van der Waals surface area contributed by atoms with Crippen LogP contribution < -0.4 is 10.9 Å². The number of benzene rings is 1. The number of nitrogens with zero attached hydrogens (tertiary/aromatic N) is 7. The second-order valence-electron chi connectivity index (χ2n) is 8.23. The van der Waals surface area contributed by atoms with E-state index >= 15 is 0 Å². The zero-order valence-corrected chi connectivity index (χ0v) is 19.6. The van der Waals surface area contributed by atoms with Crippen LogP contribution in [0.1, 0.15) is 46.0 Å². The summed E-state index contributed by atoms with van der Waals surface area (Å²) in [6.07, 6.45) is 6.81. The van der Waals surface area contributed by atoms with E-state index in [2.05, 4.69) is 32.3 Å². The van der Waals surface area contributed by atoms with E-state index in [4.69, 9.17) is 4.98 Å². The van der Waals surface area contributed by atoms with Crippen LogP contribution in [-0.2, 0) is 14.1 Å². The van der Waals surface area contributed by atoms with Crippen LogP contribution in [0, 0.1) is 18.8 Å². The van der Waals surface area contributed by atoms with Gasteiger partial charge >= 0.3 is 0 Å². The van der Waals surface area contributed by atoms with Crippen molar-refractivity contribution in [1.29, 1.82) is 0 Å². The second-order valence-corrected chi connectivity index (χ2v) is 8.23. The van der Waals surface area contributed by atoms with Crippen molar-refractivity contribution in [1.82, 2.24) is 39.2 Å². The highest BCUT2D eigenvalue weighted by Crippen LogP contribution is 2.18. The molecule has 174 valence electrons. The van der Waals surface area contributed by atoms with Gasteiger partial charge in [-0.1, -0.05) is 17.9 Å². The average molecular weight is 467 g/mol. The van der Waals surface area contributed by atoms with Crippen molar-refractivity contribution in [3.05, 3.63) is 87.6 Å². The minimum absolute atomic E-state index is 0.240. The largest absolute Gasteiger partial charge is 0.342 e. The normalized spacial score (nSPS) is 11.9. The standard InChI is InChI=1S/C25H22N8O2/c1-15-20(23-26-11-6-12-33(23)30-15)24(34)28-16(2)22-29-19-8-5-7-18(21(19)25(35)32(22)4)10-9-17-13-27-31(3)14-17/h5-8,11-14,16H,1-4H3,(H,28,34)/t16-/m0/s1. The van der Waals surface area contributed by atoms with Crippen molar-refractivity contribution in [2.75, 3.05) is 0 Å². The van der Waals surface area contributed by atoms with Gasteiger partial charge in [-0.15, -0.1) is 0 Å². The Balaban J connectivity index is 1.51. The number of hydrogen-bond acceptors (Lipinski definition) is 6. The van der Waals surface area contributed by atoms with Crippen molar-refractivity contribution in [2.24, 2.45) is 14.1 Å². The van der Waals surface area contributed by atoms with Gasteiger partial charge in [0.1, 0.15) is 11.4 Å². The zero-order chi connectivity index (χ0) is 24.7. The minimum atomic E-state index is -0.548. The zero-order valence-electron chi connectivity index (χ0n) is 19.6. The van der Waals surface area contributed by atoms with Gasteiger partial charge < -0.3 is 5.32 Å². The highest BCUT2D eigenvalue weighted by atomic mass is 16.2. The van der Waals surface area contributed by atoms with Gasteiger partial charge in [0.25, 0.3) is 11.5 Å². The lowest BCUT2D eigenvalue weighted by Gasteiger charge is -2.17. The Morgan fingerprint density at radius 2 is 2.00 bits per heavy atom. The number of hydrogen-bond donors (Lipinski definition) is 1. The summed E-state index contributed by atoms with van der Waals surface area (Å²) in [5.41, 5.74) is 3.01. The Kier molecular flexibility index (Phi) is 5.37. The van der Waals surface area contributed by atoms with Crippen molar-refractivity contribution >= 4 is 22.5 Å². The first-order chi connectivity index (χ1) is 16.8. The maximum absolute atomic E-state index is 13.3. The lowest BCUT2D eigenvalue weighted by Crippen LogP contribution is -2.33. The Morgan fingerprint density at radius 1 is 1.17 bits per heavy atom. The third kappa shape index (κ3) is 3.93. The van der Waals surface area contributed by atoms with Gasteiger partial charge in [-0.3, -0.25) is 18.8 Å². The van der Waals surface area contributed by atoms with Crippen LogP contribution in [0.5, 0.6) is 0 Å². The Hall–Kier alpha value is -4.78. The first-order valence-electron chi connectivity index (χ1n) is 10.9.